The Hall–Kier alpha value is 0.404. The van der Waals surface area contributed by atoms with Crippen LogP contribution in [0, 0.1) is 0 Å². The lowest BCUT2D eigenvalue weighted by Crippen LogP contribution is -2.46. The Morgan fingerprint density at radius 1 is 0.679 bits per heavy atom. The van der Waals surface area contributed by atoms with Gasteiger partial charge in [-0.3, -0.25) is 0 Å². The number of alkyl halides is 1. The van der Waals surface area contributed by atoms with Crippen LogP contribution in [-0.4, -0.2) is 77.2 Å². The first-order valence-corrected chi connectivity index (χ1v) is 14.5. The normalized spacial score (nSPS) is 12.0. The van der Waals surface area contributed by atoms with E-state index in [-0.39, 0.29) is 0 Å². The van der Waals surface area contributed by atoms with Crippen molar-refractivity contribution in [2.75, 3.05) is 59.6 Å². The van der Waals surface area contributed by atoms with Crippen molar-refractivity contribution in [1.82, 2.24) is 0 Å². The Balaban J connectivity index is 0. The van der Waals surface area contributed by atoms with Crippen molar-refractivity contribution >= 4 is 29.2 Å². The zero-order valence-electron chi connectivity index (χ0n) is 18.5. The monoisotopic (exact) mass is 462 g/mol. The third kappa shape index (κ3) is 14.4. The van der Waals surface area contributed by atoms with E-state index in [1.807, 2.05) is 20.8 Å². The third-order valence-corrected chi connectivity index (χ3v) is 9.96. The largest absolute Gasteiger partial charge is 0.500 e. The molecule has 0 aromatic carbocycles. The maximum Gasteiger partial charge on any atom is 0.500 e. The minimum absolute atomic E-state index is 0.592. The van der Waals surface area contributed by atoms with Crippen molar-refractivity contribution in [1.29, 1.82) is 0 Å². The minimum atomic E-state index is -2.44. The summed E-state index contributed by atoms with van der Waals surface area (Å²) < 4.78 is 33.2. The maximum atomic E-state index is 5.66. The van der Waals surface area contributed by atoms with Crippen molar-refractivity contribution < 1.29 is 26.6 Å². The summed E-state index contributed by atoms with van der Waals surface area (Å²) in [6, 6.07) is 1.58. The van der Waals surface area contributed by atoms with E-state index in [9.17, 15) is 0 Å². The standard InChI is InChI=1S/C9H21ClO3Si.C8H22N2O3Si/c1-4-11-14(12-5-2,13-6-3)9-7-8-10;1-11-14(12-2,8-4-6-10)13-7-3-5-9/h4-9H2,1-3H3;3-10H2,1-2H3. The Bertz CT molecular complexity index is 315. The molecule has 28 heavy (non-hydrogen) atoms. The number of hydrogen-bond donors (Lipinski definition) is 2. The van der Waals surface area contributed by atoms with Gasteiger partial charge in [-0.1, -0.05) is 0 Å². The van der Waals surface area contributed by atoms with Crippen LogP contribution in [0.3, 0.4) is 0 Å². The Morgan fingerprint density at radius 3 is 1.50 bits per heavy atom. The van der Waals surface area contributed by atoms with Crippen LogP contribution in [0.2, 0.25) is 12.1 Å². The lowest BCUT2D eigenvalue weighted by molar-refractivity contribution is 0.0712. The Labute approximate surface area is 179 Å². The highest BCUT2D eigenvalue weighted by Gasteiger charge is 2.39. The molecule has 0 unspecified atom stereocenters. The van der Waals surface area contributed by atoms with E-state index < -0.39 is 17.6 Å². The van der Waals surface area contributed by atoms with Crippen molar-refractivity contribution in [3.63, 3.8) is 0 Å². The van der Waals surface area contributed by atoms with Gasteiger partial charge in [0, 0.05) is 58.6 Å². The molecule has 0 radical (unpaired) electrons. The first-order valence-electron chi connectivity index (χ1n) is 10.1. The van der Waals surface area contributed by atoms with Gasteiger partial charge < -0.3 is 38.0 Å². The molecule has 0 aliphatic carbocycles. The molecule has 0 rings (SSSR count). The topological polar surface area (TPSA) is 107 Å². The van der Waals surface area contributed by atoms with Gasteiger partial charge in [0.25, 0.3) is 0 Å². The van der Waals surface area contributed by atoms with E-state index in [0.717, 1.165) is 31.4 Å². The van der Waals surface area contributed by atoms with Crippen LogP contribution in [0.25, 0.3) is 0 Å². The maximum absolute atomic E-state index is 5.66. The molecular formula is C17H43ClN2O6Si2. The molecule has 0 aliphatic heterocycles. The van der Waals surface area contributed by atoms with Crippen molar-refractivity contribution in [3.8, 4) is 0 Å². The molecule has 0 saturated heterocycles. The van der Waals surface area contributed by atoms with Crippen molar-refractivity contribution in [3.05, 3.63) is 0 Å². The summed E-state index contributed by atoms with van der Waals surface area (Å²) in [7, 11) is -1.60. The fourth-order valence-electron chi connectivity index (χ4n) is 2.39. The average molecular weight is 463 g/mol. The molecule has 0 amide bonds. The van der Waals surface area contributed by atoms with Crippen LogP contribution in [0.15, 0.2) is 0 Å². The molecule has 8 nitrogen and oxygen atoms in total. The highest BCUT2D eigenvalue weighted by Crippen LogP contribution is 2.18. The van der Waals surface area contributed by atoms with E-state index in [2.05, 4.69) is 0 Å². The molecule has 0 bridgehead atoms. The molecule has 0 saturated carbocycles. The molecule has 0 aromatic rings. The molecule has 4 N–H and O–H groups in total. The Morgan fingerprint density at radius 2 is 1.14 bits per heavy atom. The van der Waals surface area contributed by atoms with E-state index in [1.165, 1.54) is 0 Å². The second-order valence-corrected chi connectivity index (χ2v) is 11.8. The molecule has 11 heteroatoms. The van der Waals surface area contributed by atoms with Crippen LogP contribution in [0.1, 0.15) is 40.0 Å². The third-order valence-electron chi connectivity index (χ3n) is 3.69. The fraction of sp³-hybridized carbons (Fsp3) is 1.00. The van der Waals surface area contributed by atoms with Crippen molar-refractivity contribution in [2.24, 2.45) is 11.5 Å². The predicted octanol–water partition coefficient (Wildman–Crippen LogP) is 2.60. The number of halogens is 1. The van der Waals surface area contributed by atoms with Crippen LogP contribution < -0.4 is 11.5 Å². The molecule has 172 valence electrons. The van der Waals surface area contributed by atoms with Gasteiger partial charge in [-0.25, -0.2) is 0 Å². The summed E-state index contributed by atoms with van der Waals surface area (Å²) in [6.45, 7) is 9.62. The summed E-state index contributed by atoms with van der Waals surface area (Å²) in [5.74, 6) is 0.627. The molecule has 0 fully saturated rings. The molecular weight excluding hydrogens is 420 g/mol. The molecule has 0 aromatic heterocycles. The van der Waals surface area contributed by atoms with Gasteiger partial charge in [-0.2, -0.15) is 0 Å². The first kappa shape index (κ1) is 30.6. The zero-order chi connectivity index (χ0) is 21.7. The molecule has 0 spiro atoms. The second-order valence-electron chi connectivity index (χ2n) is 5.75. The lowest BCUT2D eigenvalue weighted by atomic mass is 10.5. The van der Waals surface area contributed by atoms with Gasteiger partial charge in [0.1, 0.15) is 0 Å². The summed E-state index contributed by atoms with van der Waals surface area (Å²) >= 11 is 5.66. The van der Waals surface area contributed by atoms with Gasteiger partial charge >= 0.3 is 17.6 Å². The number of nitrogens with two attached hydrogens (primary N) is 2. The highest BCUT2D eigenvalue weighted by molar-refractivity contribution is 6.61. The number of hydrogen-bond acceptors (Lipinski definition) is 8. The molecule has 0 atom stereocenters. The SMILES string of the molecule is CCO[Si](CCCCl)(OCC)OCC.CO[Si](CCCN)(OC)OCCCN. The first-order chi connectivity index (χ1) is 13.5. The van der Waals surface area contributed by atoms with Gasteiger partial charge in [0.15, 0.2) is 0 Å². The lowest BCUT2D eigenvalue weighted by Gasteiger charge is -2.28. The Kier molecular flexibility index (Phi) is 22.6. The zero-order valence-corrected chi connectivity index (χ0v) is 21.2. The van der Waals surface area contributed by atoms with Crippen LogP contribution in [0.4, 0.5) is 0 Å². The van der Waals surface area contributed by atoms with Gasteiger partial charge in [-0.15, -0.1) is 11.6 Å². The summed E-state index contributed by atoms with van der Waals surface area (Å²) in [4.78, 5) is 0. The van der Waals surface area contributed by atoms with Gasteiger partial charge in [-0.05, 0) is 53.1 Å². The van der Waals surface area contributed by atoms with E-state index in [4.69, 9.17) is 49.6 Å². The fourth-order valence-corrected chi connectivity index (χ4v) is 7.41. The molecule has 0 aliphatic rings. The quantitative estimate of drug-likeness (QED) is 0.182. The number of rotatable bonds is 18. The summed E-state index contributed by atoms with van der Waals surface area (Å²) in [5, 5.41) is 0. The summed E-state index contributed by atoms with van der Waals surface area (Å²) in [5.41, 5.74) is 10.8. The van der Waals surface area contributed by atoms with Crippen molar-refractivity contribution in [2.45, 2.75) is 52.1 Å². The van der Waals surface area contributed by atoms with E-state index >= 15 is 0 Å². The average Bonchev–Trinajstić information content (AvgIpc) is 2.70. The van der Waals surface area contributed by atoms with E-state index in [1.54, 1.807) is 14.2 Å². The van der Waals surface area contributed by atoms with Crippen LogP contribution in [0.5, 0.6) is 0 Å². The second kappa shape index (κ2) is 20.7. The van der Waals surface area contributed by atoms with E-state index in [0.29, 0.717) is 45.4 Å². The van der Waals surface area contributed by atoms with Gasteiger partial charge in [0.2, 0.25) is 0 Å². The minimum Gasteiger partial charge on any atom is -0.377 e. The highest BCUT2D eigenvalue weighted by atomic mass is 35.5. The van der Waals surface area contributed by atoms with Crippen LogP contribution in [-0.2, 0) is 26.6 Å². The molecule has 0 heterocycles. The van der Waals surface area contributed by atoms with Gasteiger partial charge in [0.05, 0.1) is 0 Å². The summed E-state index contributed by atoms with van der Waals surface area (Å²) in [6.07, 6.45) is 2.56. The van der Waals surface area contributed by atoms with Crippen LogP contribution >= 0.6 is 11.6 Å². The predicted molar refractivity (Wildman–Crippen MR) is 119 cm³/mol. The smallest absolute Gasteiger partial charge is 0.377 e.